The number of aromatic nitrogens is 1. The highest BCUT2D eigenvalue weighted by Crippen LogP contribution is 2.35. The molecule has 1 amide bonds. The summed E-state index contributed by atoms with van der Waals surface area (Å²) < 4.78 is 16.7. The van der Waals surface area contributed by atoms with Crippen molar-refractivity contribution in [1.82, 2.24) is 4.57 Å². The highest BCUT2D eigenvalue weighted by molar-refractivity contribution is 6.05. The second kappa shape index (κ2) is 8.76. The normalized spacial score (nSPS) is 13.9. The molecule has 29 heavy (non-hydrogen) atoms. The highest BCUT2D eigenvalue weighted by atomic mass is 16.5. The van der Waals surface area contributed by atoms with Gasteiger partial charge in [-0.25, -0.2) is 0 Å². The van der Waals surface area contributed by atoms with E-state index in [4.69, 9.17) is 9.47 Å². The SMILES string of the molecule is COC(=O)Cn1c(O)cc(NC(=O)c2ccc(OC)c(OC3CCCC3)c2)c1O. The van der Waals surface area contributed by atoms with E-state index in [0.717, 1.165) is 36.3 Å². The number of aromatic hydroxyl groups is 2. The van der Waals surface area contributed by atoms with Crippen LogP contribution in [0.15, 0.2) is 24.3 Å². The molecule has 0 atom stereocenters. The van der Waals surface area contributed by atoms with Gasteiger partial charge in [-0.05, 0) is 43.9 Å². The molecule has 1 saturated carbocycles. The second-order valence-corrected chi connectivity index (χ2v) is 6.75. The number of amides is 1. The zero-order valence-electron chi connectivity index (χ0n) is 16.3. The van der Waals surface area contributed by atoms with Crippen molar-refractivity contribution in [2.45, 2.75) is 38.3 Å². The van der Waals surface area contributed by atoms with Crippen LogP contribution in [0.1, 0.15) is 36.0 Å². The lowest BCUT2D eigenvalue weighted by Gasteiger charge is -2.16. The molecule has 0 spiro atoms. The molecule has 0 bridgehead atoms. The topological polar surface area (TPSA) is 119 Å². The predicted molar refractivity (Wildman–Crippen MR) is 104 cm³/mol. The lowest BCUT2D eigenvalue weighted by Crippen LogP contribution is -2.15. The third kappa shape index (κ3) is 4.56. The monoisotopic (exact) mass is 404 g/mol. The van der Waals surface area contributed by atoms with Gasteiger partial charge in [0.05, 0.1) is 20.3 Å². The molecule has 1 aromatic carbocycles. The molecule has 9 heteroatoms. The van der Waals surface area contributed by atoms with Crippen LogP contribution in [0.25, 0.3) is 0 Å². The predicted octanol–water partition coefficient (Wildman–Crippen LogP) is 2.65. The number of esters is 1. The van der Waals surface area contributed by atoms with Crippen LogP contribution in [-0.4, -0.2) is 47.0 Å². The average molecular weight is 404 g/mol. The molecule has 1 aliphatic carbocycles. The van der Waals surface area contributed by atoms with Gasteiger partial charge in [-0.2, -0.15) is 0 Å². The van der Waals surface area contributed by atoms with Crippen molar-refractivity contribution in [3.63, 3.8) is 0 Å². The van der Waals surface area contributed by atoms with Crippen LogP contribution < -0.4 is 14.8 Å². The lowest BCUT2D eigenvalue weighted by atomic mass is 10.1. The Labute approximate surface area is 167 Å². The van der Waals surface area contributed by atoms with Crippen molar-refractivity contribution < 1.29 is 34.0 Å². The van der Waals surface area contributed by atoms with Crippen molar-refractivity contribution in [2.24, 2.45) is 0 Å². The number of carbonyl (C=O) groups excluding carboxylic acids is 2. The zero-order valence-corrected chi connectivity index (χ0v) is 16.3. The Morgan fingerprint density at radius 2 is 1.86 bits per heavy atom. The number of nitrogens with zero attached hydrogens (tertiary/aromatic N) is 1. The average Bonchev–Trinajstić information content (AvgIpc) is 3.31. The van der Waals surface area contributed by atoms with E-state index in [1.54, 1.807) is 18.2 Å². The Kier molecular flexibility index (Phi) is 6.16. The number of hydrogen-bond acceptors (Lipinski definition) is 7. The molecule has 2 aromatic rings. The van der Waals surface area contributed by atoms with E-state index in [0.29, 0.717) is 17.1 Å². The van der Waals surface area contributed by atoms with Crippen LogP contribution in [0.4, 0.5) is 5.69 Å². The largest absolute Gasteiger partial charge is 0.494 e. The smallest absolute Gasteiger partial charge is 0.325 e. The van der Waals surface area contributed by atoms with E-state index < -0.39 is 24.3 Å². The molecule has 1 heterocycles. The van der Waals surface area contributed by atoms with Crippen molar-refractivity contribution in [1.29, 1.82) is 0 Å². The number of nitrogens with one attached hydrogen (secondary N) is 1. The third-order valence-corrected chi connectivity index (χ3v) is 4.83. The van der Waals surface area contributed by atoms with E-state index >= 15 is 0 Å². The number of benzene rings is 1. The van der Waals surface area contributed by atoms with Crippen molar-refractivity contribution in [3.8, 4) is 23.3 Å². The van der Waals surface area contributed by atoms with E-state index in [2.05, 4.69) is 10.1 Å². The molecule has 0 radical (unpaired) electrons. The Balaban J connectivity index is 1.78. The van der Waals surface area contributed by atoms with Gasteiger partial charge in [-0.1, -0.05) is 0 Å². The molecule has 3 rings (SSSR count). The highest BCUT2D eigenvalue weighted by Gasteiger charge is 2.22. The number of rotatable bonds is 7. The van der Waals surface area contributed by atoms with Gasteiger partial charge in [-0.15, -0.1) is 0 Å². The van der Waals surface area contributed by atoms with E-state index in [1.165, 1.54) is 14.2 Å². The fourth-order valence-corrected chi connectivity index (χ4v) is 3.26. The summed E-state index contributed by atoms with van der Waals surface area (Å²) in [5, 5.41) is 22.7. The van der Waals surface area contributed by atoms with Gasteiger partial charge in [-0.3, -0.25) is 14.2 Å². The molecule has 1 aliphatic rings. The maximum absolute atomic E-state index is 12.7. The van der Waals surface area contributed by atoms with E-state index in [-0.39, 0.29) is 17.7 Å². The summed E-state index contributed by atoms with van der Waals surface area (Å²) in [6, 6.07) is 5.93. The fourth-order valence-electron chi connectivity index (χ4n) is 3.26. The molecular weight excluding hydrogens is 380 g/mol. The first-order valence-corrected chi connectivity index (χ1v) is 9.27. The molecule has 9 nitrogen and oxygen atoms in total. The van der Waals surface area contributed by atoms with Crippen LogP contribution >= 0.6 is 0 Å². The van der Waals surface area contributed by atoms with Gasteiger partial charge in [0.2, 0.25) is 5.88 Å². The summed E-state index contributed by atoms with van der Waals surface area (Å²) in [7, 11) is 2.72. The molecule has 156 valence electrons. The maximum Gasteiger partial charge on any atom is 0.325 e. The third-order valence-electron chi connectivity index (χ3n) is 4.83. The maximum atomic E-state index is 12.7. The van der Waals surface area contributed by atoms with Gasteiger partial charge in [0.25, 0.3) is 5.91 Å². The Morgan fingerprint density at radius 1 is 1.14 bits per heavy atom. The standard InChI is InChI=1S/C20H24N2O7/c1-27-15-8-7-12(9-16(15)29-13-5-3-4-6-13)19(25)21-14-10-17(23)22(20(14)26)11-18(24)28-2/h7-10,13,23,26H,3-6,11H2,1-2H3,(H,21,25). The van der Waals surface area contributed by atoms with Crippen LogP contribution in [-0.2, 0) is 16.1 Å². The minimum Gasteiger partial charge on any atom is -0.494 e. The van der Waals surface area contributed by atoms with Gasteiger partial charge in [0, 0.05) is 11.6 Å². The quantitative estimate of drug-likeness (QED) is 0.607. The van der Waals surface area contributed by atoms with Gasteiger partial charge in [0.15, 0.2) is 17.4 Å². The zero-order chi connectivity index (χ0) is 21.0. The molecule has 0 saturated heterocycles. The summed E-state index contributed by atoms with van der Waals surface area (Å²) >= 11 is 0. The van der Waals surface area contributed by atoms with Crippen LogP contribution in [0.5, 0.6) is 23.3 Å². The number of anilines is 1. The molecule has 1 fully saturated rings. The number of hydrogen-bond donors (Lipinski definition) is 3. The Bertz CT molecular complexity index is 900. The lowest BCUT2D eigenvalue weighted by molar-refractivity contribution is -0.141. The fraction of sp³-hybridized carbons (Fsp3) is 0.400. The van der Waals surface area contributed by atoms with Gasteiger partial charge >= 0.3 is 5.97 Å². The number of ether oxygens (including phenoxy) is 3. The second-order valence-electron chi connectivity index (χ2n) is 6.75. The minimum absolute atomic E-state index is 0.0366. The van der Waals surface area contributed by atoms with E-state index in [1.807, 2.05) is 0 Å². The summed E-state index contributed by atoms with van der Waals surface area (Å²) in [6.07, 6.45) is 4.23. The first-order chi connectivity index (χ1) is 13.9. The summed E-state index contributed by atoms with van der Waals surface area (Å²) in [5.74, 6) is -1.02. The van der Waals surface area contributed by atoms with Crippen molar-refractivity contribution in [2.75, 3.05) is 19.5 Å². The van der Waals surface area contributed by atoms with Crippen LogP contribution in [0.3, 0.4) is 0 Å². The van der Waals surface area contributed by atoms with Gasteiger partial charge in [0.1, 0.15) is 12.2 Å². The number of methoxy groups -OCH3 is 2. The molecular formula is C20H24N2O7. The molecule has 0 unspecified atom stereocenters. The van der Waals surface area contributed by atoms with Crippen LogP contribution in [0, 0.1) is 0 Å². The number of carbonyl (C=O) groups is 2. The Hall–Kier alpha value is -3.36. The molecule has 3 N–H and O–H groups in total. The molecule has 1 aromatic heterocycles. The first-order valence-electron chi connectivity index (χ1n) is 9.27. The molecule has 0 aliphatic heterocycles. The van der Waals surface area contributed by atoms with Crippen molar-refractivity contribution in [3.05, 3.63) is 29.8 Å². The first kappa shape index (κ1) is 20.4. The van der Waals surface area contributed by atoms with Crippen molar-refractivity contribution >= 4 is 17.6 Å². The van der Waals surface area contributed by atoms with Crippen LogP contribution in [0.2, 0.25) is 0 Å². The summed E-state index contributed by atoms with van der Waals surface area (Å²) in [6.45, 7) is -0.397. The Morgan fingerprint density at radius 3 is 2.52 bits per heavy atom. The summed E-state index contributed by atoms with van der Waals surface area (Å²) in [4.78, 5) is 24.1. The van der Waals surface area contributed by atoms with Gasteiger partial charge < -0.3 is 29.7 Å². The minimum atomic E-state index is -0.659. The summed E-state index contributed by atoms with van der Waals surface area (Å²) in [5.41, 5.74) is 0.254. The van der Waals surface area contributed by atoms with E-state index in [9.17, 15) is 19.8 Å².